The van der Waals surface area contributed by atoms with Crippen molar-refractivity contribution in [3.05, 3.63) is 91.5 Å². The van der Waals surface area contributed by atoms with Crippen LogP contribution in [0, 0.1) is 5.92 Å². The molecule has 318 valence electrons. The molecular formula is C47H76S9. The molecule has 5 atom stereocenters. The standard InChI is InChI=1S/C47H76S9/c1-14-34(6)27-43-29-37(9)21-18-20-36(8)23-25-42(39(11)16-3)32-48-51-45(40(12)22-17-19-33(4)5)26-24-41(13)47-46(52-55-56-53-47)31-38(10)30-44(50-54-49-43)28-35(7)15-2/h19-20,24,27-28,31,37,43-44,46-47H,14-18,21-23,25-26,29-30,32H2,1-13H3/b34-27+,35-28-,36-20+,38-31-,41-24-,42-39+,45-40+. The second kappa shape index (κ2) is 31.0. The minimum atomic E-state index is 0.480. The number of rotatable bonds is 8. The fourth-order valence-corrected chi connectivity index (χ4v) is 22.4. The predicted octanol–water partition coefficient (Wildman–Crippen LogP) is 20.2. The van der Waals surface area contributed by atoms with Gasteiger partial charge in [-0.2, -0.15) is 0 Å². The predicted molar refractivity (Wildman–Crippen MR) is 284 cm³/mol. The molecule has 2 heterocycles. The third-order valence-electron chi connectivity index (χ3n) is 10.7. The molecule has 5 unspecified atom stereocenters. The van der Waals surface area contributed by atoms with E-state index in [1.165, 1.54) is 60.0 Å². The van der Waals surface area contributed by atoms with Crippen molar-refractivity contribution in [1.29, 1.82) is 0 Å². The minimum Gasteiger partial charge on any atom is -0.0856 e. The van der Waals surface area contributed by atoms with Crippen molar-refractivity contribution in [1.82, 2.24) is 0 Å². The number of hydrogen-bond acceptors (Lipinski definition) is 9. The molecule has 0 amide bonds. The van der Waals surface area contributed by atoms with E-state index in [0.29, 0.717) is 26.9 Å². The normalized spacial score (nSPS) is 30.4. The SMILES string of the molecule is CC/C(C)=C\C1C/C(C)=C\C2SSSSC2/C(C)=C\C/C(=C(/C)CCC=C(C)C)SSC/C(=C(\C)CC)CC/C(C)=C/CCC(C)CC(/C=C(\C)CC)SSS1. The van der Waals surface area contributed by atoms with Crippen molar-refractivity contribution < 1.29 is 0 Å². The first kappa shape index (κ1) is 53.2. The van der Waals surface area contributed by atoms with E-state index in [4.69, 9.17) is 0 Å². The van der Waals surface area contributed by atoms with Crippen molar-refractivity contribution in [2.45, 2.75) is 188 Å². The lowest BCUT2D eigenvalue weighted by Crippen LogP contribution is -2.20. The summed E-state index contributed by atoms with van der Waals surface area (Å²) in [5.41, 5.74) is 13.9. The first-order valence-corrected chi connectivity index (χ1v) is 31.9. The highest BCUT2D eigenvalue weighted by molar-refractivity contribution is 9.27. The van der Waals surface area contributed by atoms with Crippen molar-refractivity contribution in [2.75, 3.05) is 5.75 Å². The molecule has 0 aliphatic carbocycles. The second-order valence-electron chi connectivity index (χ2n) is 16.2. The van der Waals surface area contributed by atoms with Gasteiger partial charge >= 0.3 is 0 Å². The van der Waals surface area contributed by atoms with Crippen molar-refractivity contribution in [3.63, 3.8) is 0 Å². The average Bonchev–Trinajstić information content (AvgIpc) is 3.16. The van der Waals surface area contributed by atoms with Crippen LogP contribution in [0.4, 0.5) is 0 Å². The molecule has 1 fully saturated rings. The molecule has 0 radical (unpaired) electrons. The number of hydrogen-bond donors (Lipinski definition) is 0. The van der Waals surface area contributed by atoms with Gasteiger partial charge in [-0.05, 0) is 180 Å². The van der Waals surface area contributed by atoms with Gasteiger partial charge in [0.05, 0.1) is 10.5 Å². The Morgan fingerprint density at radius 3 is 2.11 bits per heavy atom. The van der Waals surface area contributed by atoms with E-state index in [0.717, 1.165) is 50.7 Å². The number of fused-ring (bicyclic) bond motifs is 1. The van der Waals surface area contributed by atoms with Gasteiger partial charge in [-0.3, -0.25) is 0 Å². The molecule has 0 aromatic rings. The Hall–Kier alpha value is 1.07. The quantitative estimate of drug-likeness (QED) is 0.171. The van der Waals surface area contributed by atoms with Crippen LogP contribution in [0.1, 0.15) is 167 Å². The van der Waals surface area contributed by atoms with Gasteiger partial charge in [-0.25, -0.2) is 0 Å². The highest BCUT2D eigenvalue weighted by Gasteiger charge is 2.28. The molecule has 0 N–H and O–H groups in total. The zero-order valence-corrected chi connectivity index (χ0v) is 44.6. The van der Waals surface area contributed by atoms with Gasteiger partial charge in [-0.15, -0.1) is 0 Å². The molecule has 0 spiro atoms. The smallest absolute Gasteiger partial charge is 0.0529 e. The van der Waals surface area contributed by atoms with E-state index >= 15 is 0 Å². The van der Waals surface area contributed by atoms with Crippen molar-refractivity contribution in [3.8, 4) is 0 Å². The molecule has 0 nitrogen and oxygen atoms in total. The summed E-state index contributed by atoms with van der Waals surface area (Å²) in [7, 11) is 18.4. The van der Waals surface area contributed by atoms with Gasteiger partial charge in [0.2, 0.25) is 0 Å². The summed E-state index contributed by atoms with van der Waals surface area (Å²) in [4.78, 5) is 1.56. The number of allylic oxidation sites excluding steroid dienone is 11. The van der Waals surface area contributed by atoms with Gasteiger partial charge in [0.15, 0.2) is 0 Å². The van der Waals surface area contributed by atoms with Crippen LogP contribution in [0.2, 0.25) is 0 Å². The van der Waals surface area contributed by atoms with Crippen LogP contribution in [0.25, 0.3) is 0 Å². The van der Waals surface area contributed by atoms with Crippen LogP contribution in [-0.2, 0) is 0 Å². The van der Waals surface area contributed by atoms with E-state index < -0.39 is 0 Å². The summed E-state index contributed by atoms with van der Waals surface area (Å²) in [5, 5.41) is 2.00. The van der Waals surface area contributed by atoms with Crippen molar-refractivity contribution in [2.24, 2.45) is 5.92 Å². The van der Waals surface area contributed by atoms with Crippen LogP contribution >= 0.6 is 94.2 Å². The Kier molecular flexibility index (Phi) is 29.4. The molecule has 56 heavy (non-hydrogen) atoms. The van der Waals surface area contributed by atoms with Gasteiger partial charge in [0, 0.05) is 16.3 Å². The van der Waals surface area contributed by atoms with Gasteiger partial charge in [0.25, 0.3) is 0 Å². The zero-order valence-electron chi connectivity index (χ0n) is 37.2. The highest BCUT2D eigenvalue weighted by Crippen LogP contribution is 2.57. The van der Waals surface area contributed by atoms with E-state index in [2.05, 4.69) is 191 Å². The van der Waals surface area contributed by atoms with Gasteiger partial charge in [-0.1, -0.05) is 179 Å². The van der Waals surface area contributed by atoms with Crippen LogP contribution in [0.5, 0.6) is 0 Å². The third-order valence-corrected chi connectivity index (χ3v) is 25.2. The molecule has 1 saturated heterocycles. The maximum absolute atomic E-state index is 2.63. The molecule has 0 bridgehead atoms. The second-order valence-corrected chi connectivity index (χ2v) is 29.3. The summed E-state index contributed by atoms with van der Waals surface area (Å²) in [6.45, 7) is 30.4. The van der Waals surface area contributed by atoms with Gasteiger partial charge < -0.3 is 0 Å². The summed E-state index contributed by atoms with van der Waals surface area (Å²) in [5.74, 6) is 1.82. The fourth-order valence-electron chi connectivity index (χ4n) is 6.37. The lowest BCUT2D eigenvalue weighted by Gasteiger charge is -2.28. The van der Waals surface area contributed by atoms with E-state index in [1.807, 2.05) is 29.5 Å². The Balaban J connectivity index is 2.50. The Morgan fingerprint density at radius 1 is 0.750 bits per heavy atom. The van der Waals surface area contributed by atoms with Crippen LogP contribution in [0.3, 0.4) is 0 Å². The monoisotopic (exact) mass is 928 g/mol. The molecule has 0 saturated carbocycles. The molecule has 0 aromatic carbocycles. The molecule has 2 aliphatic heterocycles. The molecular weight excluding hydrogens is 853 g/mol. The maximum Gasteiger partial charge on any atom is 0.0529 e. The topological polar surface area (TPSA) is 0 Å². The minimum absolute atomic E-state index is 0.480. The molecule has 0 aromatic heterocycles. The summed E-state index contributed by atoms with van der Waals surface area (Å²) >= 11 is 0. The van der Waals surface area contributed by atoms with Crippen molar-refractivity contribution >= 4 is 94.2 Å². The first-order valence-electron chi connectivity index (χ1n) is 21.0. The Labute approximate surface area is 382 Å². The average molecular weight is 930 g/mol. The summed E-state index contributed by atoms with van der Waals surface area (Å²) < 4.78 is 0. The van der Waals surface area contributed by atoms with E-state index in [-0.39, 0.29) is 0 Å². The third kappa shape index (κ3) is 22.8. The van der Waals surface area contributed by atoms with Crippen LogP contribution in [-0.4, -0.2) is 26.8 Å². The summed E-state index contributed by atoms with van der Waals surface area (Å²) in [6, 6.07) is 0. The molecule has 2 aliphatic rings. The van der Waals surface area contributed by atoms with E-state index in [9.17, 15) is 0 Å². The van der Waals surface area contributed by atoms with Gasteiger partial charge in [0.1, 0.15) is 0 Å². The molecule has 9 heteroatoms. The largest absolute Gasteiger partial charge is 0.0856 e. The maximum atomic E-state index is 2.63. The van der Waals surface area contributed by atoms with Crippen LogP contribution < -0.4 is 0 Å². The zero-order chi connectivity index (χ0) is 41.5. The Morgan fingerprint density at radius 2 is 1.43 bits per heavy atom. The molecule has 2 rings (SSSR count). The lowest BCUT2D eigenvalue weighted by molar-refractivity contribution is 0.506. The first-order chi connectivity index (χ1) is 26.8. The lowest BCUT2D eigenvalue weighted by atomic mass is 9.96. The highest BCUT2D eigenvalue weighted by atomic mass is 33.7. The van der Waals surface area contributed by atoms with E-state index in [1.54, 1.807) is 27.2 Å². The summed E-state index contributed by atoms with van der Waals surface area (Å²) in [6.07, 6.45) is 29.2. The van der Waals surface area contributed by atoms with Crippen LogP contribution in [0.15, 0.2) is 91.5 Å². The fraction of sp³-hybridized carbons (Fsp3) is 0.660. The Bertz CT molecular complexity index is 1420.